The van der Waals surface area contributed by atoms with Gasteiger partial charge in [-0.15, -0.1) is 0 Å². The number of aldehydes is 1. The molecule has 0 spiro atoms. The Labute approximate surface area is 601 Å². The lowest BCUT2D eigenvalue weighted by Gasteiger charge is -2.41. The molecule has 0 unspecified atom stereocenters. The van der Waals surface area contributed by atoms with Crippen LogP contribution in [0.3, 0.4) is 0 Å². The van der Waals surface area contributed by atoms with Crippen LogP contribution in [0, 0.1) is 83.4 Å². The third-order valence-electron chi connectivity index (χ3n) is 18.3. The van der Waals surface area contributed by atoms with E-state index in [4.69, 9.17) is 15.0 Å². The lowest BCUT2D eigenvalue weighted by molar-refractivity contribution is -0.128. The summed E-state index contributed by atoms with van der Waals surface area (Å²) in [6, 6.07) is 35.7. The molecule has 5 N–H and O–H groups in total. The van der Waals surface area contributed by atoms with Crippen LogP contribution in [0.25, 0.3) is 0 Å². The lowest BCUT2D eigenvalue weighted by atomic mass is 9.88. The largest absolute Gasteiger partial charge is 0.358 e. The molecule has 0 saturated heterocycles. The minimum atomic E-state index is -4.04. The summed E-state index contributed by atoms with van der Waals surface area (Å²) in [7, 11) is -0.963. The van der Waals surface area contributed by atoms with Gasteiger partial charge in [0.05, 0.1) is 22.0 Å². The maximum atomic E-state index is 14.7. The minimum Gasteiger partial charge on any atom is -0.358 e. The van der Waals surface area contributed by atoms with E-state index >= 15 is 0 Å². The first kappa shape index (κ1) is 81.2. The monoisotopic (exact) mass is 1440 g/mol. The maximum absolute atomic E-state index is 14.7. The normalized spacial score (nSPS) is 14.5. The summed E-state index contributed by atoms with van der Waals surface area (Å²) in [5.41, 5.74) is 18.8. The van der Waals surface area contributed by atoms with Crippen LogP contribution in [0.15, 0.2) is 132 Å². The van der Waals surface area contributed by atoms with Crippen LogP contribution in [-0.2, 0) is 86.8 Å². The van der Waals surface area contributed by atoms with Gasteiger partial charge in [-0.05, 0) is 171 Å². The summed E-state index contributed by atoms with van der Waals surface area (Å²) in [5.74, 6) is -5.27. The van der Waals surface area contributed by atoms with Crippen molar-refractivity contribution in [3.8, 4) is 0 Å². The SMILES string of the molecule is CCn1nc(C)c2c1CCN([C@@H](C(=O)NC)c1ccccc1)[C@H]2CCc1ccc(C)c(F)c1F.CCn1nc(C)c2c1CCN[C@H]2CCc1ccc(C)c(F)c1F.CCn1nc(C)cc1CCN.CNC(=O)[C@H](OS(=O)(=O)c1ccc(C)cc1)c1ccccc1.Cc1ccc(CCC=O)c(F)c1F. The predicted molar refractivity (Wildman–Crippen MR) is 389 cm³/mol. The molecule has 0 saturated carbocycles. The molecule has 0 fully saturated rings. The fourth-order valence-corrected chi connectivity index (χ4v) is 14.0. The molecule has 2 amide bonds. The first-order chi connectivity index (χ1) is 49.3. The molecule has 2 aliphatic rings. The number of amides is 2. The molecule has 552 valence electrons. The Morgan fingerprint density at radius 2 is 1.08 bits per heavy atom. The molecule has 0 bridgehead atoms. The molecule has 5 heterocycles. The van der Waals surface area contributed by atoms with Gasteiger partial charge in [0.1, 0.15) is 12.3 Å². The van der Waals surface area contributed by atoms with Crippen LogP contribution >= 0.6 is 0 Å². The minimum absolute atomic E-state index is 0.0166. The summed E-state index contributed by atoms with van der Waals surface area (Å²) in [6.07, 6.45) is 4.76. The van der Waals surface area contributed by atoms with Gasteiger partial charge < -0.3 is 26.5 Å². The van der Waals surface area contributed by atoms with Gasteiger partial charge in [0, 0.05) is 113 Å². The smallest absolute Gasteiger partial charge is 0.298 e. The number of nitrogens with two attached hydrogens (primary N) is 1. The van der Waals surface area contributed by atoms with Crippen molar-refractivity contribution in [2.24, 2.45) is 5.73 Å². The second-order valence-corrected chi connectivity index (χ2v) is 27.0. The topological polar surface area (TPSA) is 213 Å². The molecule has 4 atom stereocenters. The number of hydrogen-bond donors (Lipinski definition) is 4. The molecular weight excluding hydrogens is 1340 g/mol. The number of halogens is 6. The number of aryl methyl sites for hydroxylation is 13. The summed E-state index contributed by atoms with van der Waals surface area (Å²) in [5, 5.41) is 22.4. The van der Waals surface area contributed by atoms with Gasteiger partial charge in [0.2, 0.25) is 5.91 Å². The van der Waals surface area contributed by atoms with Crippen molar-refractivity contribution in [2.75, 3.05) is 33.7 Å². The van der Waals surface area contributed by atoms with Crippen molar-refractivity contribution in [3.05, 3.63) is 258 Å². The number of nitrogens with zero attached hydrogens (tertiary/aromatic N) is 7. The third-order valence-corrected chi connectivity index (χ3v) is 19.6. The Morgan fingerprint density at radius 3 is 1.57 bits per heavy atom. The van der Waals surface area contributed by atoms with Crippen molar-refractivity contribution in [3.63, 3.8) is 0 Å². The van der Waals surface area contributed by atoms with E-state index in [0.717, 1.165) is 85.6 Å². The summed E-state index contributed by atoms with van der Waals surface area (Å²) in [6.45, 7) is 23.6. The Morgan fingerprint density at radius 1 is 0.592 bits per heavy atom. The van der Waals surface area contributed by atoms with Crippen LogP contribution < -0.4 is 21.7 Å². The average Bonchev–Trinajstić information content (AvgIpc) is 1.66. The van der Waals surface area contributed by atoms with Crippen LogP contribution in [0.4, 0.5) is 26.3 Å². The van der Waals surface area contributed by atoms with Gasteiger partial charge in [-0.2, -0.15) is 23.7 Å². The zero-order valence-corrected chi connectivity index (χ0v) is 61.8. The second kappa shape index (κ2) is 38.4. The Kier molecular flexibility index (Phi) is 30.3. The number of carbonyl (C=O) groups is 3. The molecular formula is C79H97F6N11O6S. The number of likely N-dealkylation sites (N-methyl/N-ethyl adjacent to an activating group) is 2. The van der Waals surface area contributed by atoms with Crippen molar-refractivity contribution >= 4 is 28.2 Å². The zero-order chi connectivity index (χ0) is 75.2. The van der Waals surface area contributed by atoms with Gasteiger partial charge in [-0.1, -0.05) is 115 Å². The highest BCUT2D eigenvalue weighted by atomic mass is 32.2. The molecule has 0 aliphatic carbocycles. The van der Waals surface area contributed by atoms with E-state index in [-0.39, 0.29) is 46.9 Å². The maximum Gasteiger partial charge on any atom is 0.298 e. The molecule has 24 heteroatoms. The fourth-order valence-electron chi connectivity index (χ4n) is 12.9. The van der Waals surface area contributed by atoms with Gasteiger partial charge >= 0.3 is 0 Å². The van der Waals surface area contributed by atoms with Crippen molar-refractivity contribution < 1.29 is 53.3 Å². The lowest BCUT2D eigenvalue weighted by Crippen LogP contribution is -2.45. The Hall–Kier alpha value is -9.07. The fraction of sp³-hybridized carbons (Fsp3) is 0.392. The first-order valence-electron chi connectivity index (χ1n) is 34.9. The highest BCUT2D eigenvalue weighted by molar-refractivity contribution is 7.86. The van der Waals surface area contributed by atoms with Crippen molar-refractivity contribution in [1.82, 2.24) is 50.2 Å². The molecule has 103 heavy (non-hydrogen) atoms. The van der Waals surface area contributed by atoms with Crippen LogP contribution in [0.5, 0.6) is 0 Å². The Bertz CT molecular complexity index is 4420. The molecule has 3 aromatic heterocycles. The van der Waals surface area contributed by atoms with Gasteiger partial charge in [0.15, 0.2) is 41.0 Å². The van der Waals surface area contributed by atoms with Crippen molar-refractivity contribution in [1.29, 1.82) is 0 Å². The summed E-state index contributed by atoms with van der Waals surface area (Å²) < 4.78 is 119. The van der Waals surface area contributed by atoms with Gasteiger partial charge in [-0.3, -0.25) is 28.5 Å². The molecule has 11 rings (SSSR count). The molecule has 17 nitrogen and oxygen atoms in total. The van der Waals surface area contributed by atoms with E-state index in [1.807, 2.05) is 67.4 Å². The Balaban J connectivity index is 0.000000190. The van der Waals surface area contributed by atoms with E-state index in [2.05, 4.69) is 62.6 Å². The molecule has 6 aromatic carbocycles. The number of nitrogens with one attached hydrogen (secondary N) is 3. The van der Waals surface area contributed by atoms with E-state index < -0.39 is 63.1 Å². The van der Waals surface area contributed by atoms with Crippen LogP contribution in [0.2, 0.25) is 0 Å². The highest BCUT2D eigenvalue weighted by Crippen LogP contribution is 2.41. The van der Waals surface area contributed by atoms with Crippen LogP contribution in [0.1, 0.15) is 160 Å². The molecule has 9 aromatic rings. The van der Waals surface area contributed by atoms with E-state index in [0.29, 0.717) is 66.5 Å². The molecule has 0 radical (unpaired) electrons. The third kappa shape index (κ3) is 20.6. The van der Waals surface area contributed by atoms with E-state index in [1.165, 1.54) is 60.9 Å². The standard InChI is InChI=1S/C27H32F2N4O.C18H23F2N3.C16H17NO4S.C10H10F2O.C8H15N3/c1-5-33-22-15-16-32(26(27(34)30-4)20-9-7-6-8-10-20)21(23(22)18(3)31-33)14-13-19-12-11-17(2)24(28)25(19)29;1-4-23-15-9-10-21-14(16(15)12(3)22-23)8-7-13-6-5-11(2)17(19)18(13)20;1-12-8-10-14(11-9-12)22(19,20)21-15(16(18)17-2)13-6-4-3-5-7-13;1-7-4-5-8(3-2-6-13)10(12)9(7)11;1-3-11-8(4-5-9)6-7(2)10-11/h6-12,21,26H,5,13-16H2,1-4H3,(H,30,34);5-6,14,21H,4,7-10H2,1-3H3;3-11,15H,1-2H3,(H,17,18);4-6H,2-3H2,1H3;6H,3-5,9H2,1-2H3/t21-,26+;14-;15-;;/m001../s1. The number of fused-ring (bicyclic) bond motifs is 2. The van der Waals surface area contributed by atoms with Gasteiger partial charge in [0.25, 0.3) is 16.0 Å². The van der Waals surface area contributed by atoms with Crippen LogP contribution in [-0.4, -0.2) is 94.5 Å². The highest BCUT2D eigenvalue weighted by Gasteiger charge is 2.40. The van der Waals surface area contributed by atoms with Crippen molar-refractivity contribution in [2.45, 2.75) is 176 Å². The quantitative estimate of drug-likeness (QED) is 0.0283. The molecule has 2 aliphatic heterocycles. The second-order valence-electron chi connectivity index (χ2n) is 25.4. The number of carbonyl (C=O) groups excluding carboxylic acids is 3. The predicted octanol–water partition coefficient (Wildman–Crippen LogP) is 13.7. The van der Waals surface area contributed by atoms with Gasteiger partial charge in [-0.25, -0.2) is 30.5 Å². The summed E-state index contributed by atoms with van der Waals surface area (Å²) >= 11 is 0. The van der Waals surface area contributed by atoms with E-state index in [1.54, 1.807) is 87.6 Å². The number of benzene rings is 6. The zero-order valence-electron chi connectivity index (χ0n) is 61.0. The number of hydrogen-bond acceptors (Lipinski definition) is 12. The average molecular weight is 1440 g/mol. The number of rotatable bonds is 22. The summed E-state index contributed by atoms with van der Waals surface area (Å²) in [4.78, 5) is 37.4. The first-order valence-corrected chi connectivity index (χ1v) is 36.3. The van der Waals surface area contributed by atoms with E-state index in [9.17, 15) is 49.1 Å². The number of aromatic nitrogens is 6.